The Labute approximate surface area is 86.4 Å². The van der Waals surface area contributed by atoms with E-state index < -0.39 is 11.0 Å². The maximum absolute atomic E-state index is 10.6. The molecule has 0 aromatic heterocycles. The zero-order valence-electron chi connectivity index (χ0n) is 8.12. The molecule has 2 N–H and O–H groups in total. The van der Waals surface area contributed by atoms with Crippen molar-refractivity contribution >= 4 is 17.6 Å². The van der Waals surface area contributed by atoms with Crippen LogP contribution in [0.2, 0.25) is 0 Å². The van der Waals surface area contributed by atoms with Crippen LogP contribution in [0.1, 0.15) is 6.92 Å². The summed E-state index contributed by atoms with van der Waals surface area (Å²) in [4.78, 5) is 10.1. The summed E-state index contributed by atoms with van der Waals surface area (Å²) >= 11 is 0. The van der Waals surface area contributed by atoms with Crippen molar-refractivity contribution < 1.29 is 10.0 Å². The summed E-state index contributed by atoms with van der Waals surface area (Å²) in [5, 5.41) is 23.1. The lowest BCUT2D eigenvalue weighted by atomic mass is 10.3. The molecule has 0 spiro atoms. The number of anilines is 1. The highest BCUT2D eigenvalue weighted by Gasteiger charge is 2.10. The minimum absolute atomic E-state index is 0.0553. The minimum Gasteiger partial charge on any atom is -0.388 e. The summed E-state index contributed by atoms with van der Waals surface area (Å²) in [5.41, 5.74) is 2.73. The van der Waals surface area contributed by atoms with Gasteiger partial charge in [0.2, 0.25) is 0 Å². The summed E-state index contributed by atoms with van der Waals surface area (Å²) in [5.74, 6) is 0. The summed E-state index contributed by atoms with van der Waals surface area (Å²) in [7, 11) is 0. The average molecular weight is 209 g/mol. The smallest absolute Gasteiger partial charge is 0.294 e. The lowest BCUT2D eigenvalue weighted by Gasteiger charge is -2.01. The van der Waals surface area contributed by atoms with Gasteiger partial charge >= 0.3 is 0 Å². The summed E-state index contributed by atoms with van der Waals surface area (Å²) in [6, 6.07) is 6.15. The number of hydrazone groups is 1. The van der Waals surface area contributed by atoms with Crippen molar-refractivity contribution in [2.45, 2.75) is 13.0 Å². The molecule has 0 heterocycles. The summed E-state index contributed by atoms with van der Waals surface area (Å²) < 4.78 is 0. The van der Waals surface area contributed by atoms with Crippen LogP contribution in [0.4, 0.5) is 11.4 Å². The van der Waals surface area contributed by atoms with E-state index in [4.69, 9.17) is 5.11 Å². The number of nitrogens with zero attached hydrogens (tertiary/aromatic N) is 2. The molecule has 0 fully saturated rings. The third kappa shape index (κ3) is 3.35. The highest BCUT2D eigenvalue weighted by atomic mass is 16.6. The fourth-order valence-corrected chi connectivity index (χ4v) is 0.942. The minimum atomic E-state index is -0.694. The fourth-order valence-electron chi connectivity index (χ4n) is 0.942. The van der Waals surface area contributed by atoms with Gasteiger partial charge in [0, 0.05) is 6.07 Å². The molecule has 0 aliphatic rings. The Morgan fingerprint density at radius 3 is 2.87 bits per heavy atom. The number of aliphatic hydroxyl groups excluding tert-OH is 1. The molecule has 0 bridgehead atoms. The molecule has 0 aliphatic heterocycles. The Kier molecular flexibility index (Phi) is 3.75. The van der Waals surface area contributed by atoms with E-state index in [9.17, 15) is 10.1 Å². The molecule has 15 heavy (non-hydrogen) atoms. The number of nitro benzene ring substituents is 1. The van der Waals surface area contributed by atoms with Gasteiger partial charge in [-0.2, -0.15) is 5.10 Å². The van der Waals surface area contributed by atoms with E-state index in [0.717, 1.165) is 0 Å². The van der Waals surface area contributed by atoms with E-state index in [1.165, 1.54) is 25.3 Å². The predicted octanol–water partition coefficient (Wildman–Crippen LogP) is 1.37. The SMILES string of the molecule is CC(O)/C=N/Nc1ccccc1[N+](=O)[O-]. The number of nitro groups is 1. The predicted molar refractivity (Wildman–Crippen MR) is 56.9 cm³/mol. The highest BCUT2D eigenvalue weighted by molar-refractivity contribution is 5.66. The molecular weight excluding hydrogens is 198 g/mol. The van der Waals surface area contributed by atoms with E-state index in [-0.39, 0.29) is 5.69 Å². The molecule has 1 rings (SSSR count). The number of benzene rings is 1. The first kappa shape index (κ1) is 11.1. The van der Waals surface area contributed by atoms with Gasteiger partial charge in [0.05, 0.1) is 17.2 Å². The molecule has 0 saturated carbocycles. The van der Waals surface area contributed by atoms with Crippen LogP contribution in [0.3, 0.4) is 0 Å². The summed E-state index contributed by atoms with van der Waals surface area (Å²) in [6.45, 7) is 1.53. The van der Waals surface area contributed by atoms with Crippen LogP contribution in [0.15, 0.2) is 29.4 Å². The van der Waals surface area contributed by atoms with Crippen LogP contribution in [-0.2, 0) is 0 Å². The fraction of sp³-hybridized carbons (Fsp3) is 0.222. The van der Waals surface area contributed by atoms with Crippen molar-refractivity contribution in [1.82, 2.24) is 0 Å². The number of rotatable bonds is 4. The maximum Gasteiger partial charge on any atom is 0.294 e. The van der Waals surface area contributed by atoms with Crippen molar-refractivity contribution in [3.63, 3.8) is 0 Å². The zero-order chi connectivity index (χ0) is 11.3. The Hall–Kier alpha value is -1.95. The lowest BCUT2D eigenvalue weighted by molar-refractivity contribution is -0.384. The molecule has 0 radical (unpaired) electrons. The third-order valence-electron chi connectivity index (χ3n) is 1.58. The van der Waals surface area contributed by atoms with Crippen molar-refractivity contribution in [3.05, 3.63) is 34.4 Å². The number of para-hydroxylation sites is 2. The van der Waals surface area contributed by atoms with Gasteiger partial charge in [-0.3, -0.25) is 15.5 Å². The first-order valence-electron chi connectivity index (χ1n) is 4.32. The molecule has 6 nitrogen and oxygen atoms in total. The number of hydrogen-bond donors (Lipinski definition) is 2. The Morgan fingerprint density at radius 2 is 2.27 bits per heavy atom. The molecule has 0 saturated heterocycles. The number of hydrogen-bond acceptors (Lipinski definition) is 5. The van der Waals surface area contributed by atoms with Crippen LogP contribution >= 0.6 is 0 Å². The normalized spacial score (nSPS) is 12.7. The molecule has 1 aromatic carbocycles. The topological polar surface area (TPSA) is 87.8 Å². The van der Waals surface area contributed by atoms with E-state index in [1.54, 1.807) is 12.1 Å². The van der Waals surface area contributed by atoms with Crippen LogP contribution < -0.4 is 5.43 Å². The summed E-state index contributed by atoms with van der Waals surface area (Å²) in [6.07, 6.45) is 0.553. The van der Waals surface area contributed by atoms with Gasteiger partial charge in [-0.05, 0) is 13.0 Å². The van der Waals surface area contributed by atoms with Gasteiger partial charge in [0.15, 0.2) is 0 Å². The van der Waals surface area contributed by atoms with Gasteiger partial charge in [-0.25, -0.2) is 0 Å². The second kappa shape index (κ2) is 5.06. The maximum atomic E-state index is 10.6. The highest BCUT2D eigenvalue weighted by Crippen LogP contribution is 2.22. The van der Waals surface area contributed by atoms with Crippen molar-refractivity contribution in [2.24, 2.45) is 5.10 Å². The van der Waals surface area contributed by atoms with Crippen LogP contribution in [0, 0.1) is 10.1 Å². The second-order valence-electron chi connectivity index (χ2n) is 2.90. The number of aliphatic hydroxyl groups is 1. The first-order chi connectivity index (χ1) is 7.11. The third-order valence-corrected chi connectivity index (χ3v) is 1.58. The Balaban J connectivity index is 2.80. The van der Waals surface area contributed by atoms with E-state index in [1.807, 2.05) is 0 Å². The molecule has 6 heteroatoms. The van der Waals surface area contributed by atoms with E-state index >= 15 is 0 Å². The Morgan fingerprint density at radius 1 is 1.60 bits per heavy atom. The molecule has 1 atom stereocenters. The molecular formula is C9H11N3O3. The largest absolute Gasteiger partial charge is 0.388 e. The van der Waals surface area contributed by atoms with Crippen LogP contribution in [0.5, 0.6) is 0 Å². The number of nitrogens with one attached hydrogen (secondary N) is 1. The molecule has 1 unspecified atom stereocenters. The molecule has 1 aromatic rings. The second-order valence-corrected chi connectivity index (χ2v) is 2.90. The van der Waals surface area contributed by atoms with Crippen LogP contribution in [-0.4, -0.2) is 22.3 Å². The van der Waals surface area contributed by atoms with E-state index in [0.29, 0.717) is 5.69 Å². The van der Waals surface area contributed by atoms with Gasteiger partial charge < -0.3 is 5.11 Å². The quantitative estimate of drug-likeness (QED) is 0.445. The van der Waals surface area contributed by atoms with Gasteiger partial charge in [-0.1, -0.05) is 12.1 Å². The molecule has 0 amide bonds. The van der Waals surface area contributed by atoms with Gasteiger partial charge in [0.25, 0.3) is 5.69 Å². The average Bonchev–Trinajstić information content (AvgIpc) is 2.17. The lowest BCUT2D eigenvalue weighted by Crippen LogP contribution is -2.03. The van der Waals surface area contributed by atoms with Crippen molar-refractivity contribution in [2.75, 3.05) is 5.43 Å². The monoisotopic (exact) mass is 209 g/mol. The van der Waals surface area contributed by atoms with Crippen molar-refractivity contribution in [3.8, 4) is 0 Å². The Bertz CT molecular complexity index is 377. The van der Waals surface area contributed by atoms with Gasteiger partial charge in [-0.15, -0.1) is 0 Å². The van der Waals surface area contributed by atoms with E-state index in [2.05, 4.69) is 10.5 Å². The first-order valence-corrected chi connectivity index (χ1v) is 4.32. The standard InChI is InChI=1S/C9H11N3O3/c1-7(13)6-10-11-8-4-2-3-5-9(8)12(14)15/h2-7,11,13H,1H3/b10-6+. The molecule has 0 aliphatic carbocycles. The zero-order valence-corrected chi connectivity index (χ0v) is 8.12. The van der Waals surface area contributed by atoms with Crippen LogP contribution in [0.25, 0.3) is 0 Å². The molecule has 80 valence electrons. The van der Waals surface area contributed by atoms with Crippen molar-refractivity contribution in [1.29, 1.82) is 0 Å². The van der Waals surface area contributed by atoms with Gasteiger partial charge in [0.1, 0.15) is 5.69 Å².